The van der Waals surface area contributed by atoms with Gasteiger partial charge < -0.3 is 18.9 Å². The lowest BCUT2D eigenvalue weighted by molar-refractivity contribution is -0.188. The second kappa shape index (κ2) is 2.26. The first-order valence-electron chi connectivity index (χ1n) is 4.50. The summed E-state index contributed by atoms with van der Waals surface area (Å²) in [6, 6.07) is 0. The second-order valence-electron chi connectivity index (χ2n) is 3.95. The zero-order valence-corrected chi connectivity index (χ0v) is 7.65. The maximum Gasteiger partial charge on any atom is 0.231 e. The van der Waals surface area contributed by atoms with E-state index < -0.39 is 5.79 Å². The Morgan fingerprint density at radius 2 is 2.23 bits per heavy atom. The fraction of sp³-hybridized carbons (Fsp3) is 0.778. The molecule has 3 aliphatic rings. The van der Waals surface area contributed by atoms with E-state index in [0.717, 1.165) is 5.76 Å². The highest BCUT2D eigenvalue weighted by Crippen LogP contribution is 2.41. The fourth-order valence-electron chi connectivity index (χ4n) is 1.99. The Morgan fingerprint density at radius 1 is 1.38 bits per heavy atom. The number of hydrogen-bond donors (Lipinski definition) is 0. The summed E-state index contributed by atoms with van der Waals surface area (Å²) in [5.74, 6) is 0.317. The molecule has 0 aromatic heterocycles. The molecule has 0 aliphatic carbocycles. The van der Waals surface area contributed by atoms with Gasteiger partial charge in [0.25, 0.3) is 0 Å². The molecule has 0 unspecified atom stereocenters. The molecule has 13 heavy (non-hydrogen) atoms. The van der Waals surface area contributed by atoms with Crippen LogP contribution in [-0.4, -0.2) is 30.9 Å². The molecule has 4 heteroatoms. The molecule has 72 valence electrons. The first kappa shape index (κ1) is 7.79. The van der Waals surface area contributed by atoms with Crippen molar-refractivity contribution in [2.45, 2.75) is 38.1 Å². The predicted molar refractivity (Wildman–Crippen MR) is 42.7 cm³/mol. The van der Waals surface area contributed by atoms with Crippen molar-refractivity contribution < 1.29 is 18.9 Å². The third-order valence-corrected chi connectivity index (χ3v) is 2.48. The van der Waals surface area contributed by atoms with E-state index in [0.29, 0.717) is 6.61 Å². The van der Waals surface area contributed by atoms with Gasteiger partial charge in [0.2, 0.25) is 6.29 Å². The highest BCUT2D eigenvalue weighted by Gasteiger charge is 2.55. The SMILES string of the molecule is CC1(C)O[C@H]2OC3=CCO[C@@H]3[C@H]2O1. The van der Waals surface area contributed by atoms with Crippen LogP contribution in [0.1, 0.15) is 13.8 Å². The topological polar surface area (TPSA) is 36.9 Å². The summed E-state index contributed by atoms with van der Waals surface area (Å²) in [5.41, 5.74) is 0. The second-order valence-corrected chi connectivity index (χ2v) is 3.95. The van der Waals surface area contributed by atoms with Gasteiger partial charge in [-0.2, -0.15) is 0 Å². The van der Waals surface area contributed by atoms with E-state index in [2.05, 4.69) is 0 Å². The van der Waals surface area contributed by atoms with Crippen molar-refractivity contribution in [3.63, 3.8) is 0 Å². The smallest absolute Gasteiger partial charge is 0.231 e. The minimum atomic E-state index is -0.549. The fourth-order valence-corrected chi connectivity index (χ4v) is 1.99. The average molecular weight is 184 g/mol. The van der Waals surface area contributed by atoms with Crippen LogP contribution < -0.4 is 0 Å². The molecule has 3 atom stereocenters. The molecule has 0 aromatic rings. The van der Waals surface area contributed by atoms with Crippen LogP contribution in [0, 0.1) is 0 Å². The van der Waals surface area contributed by atoms with E-state index in [1.807, 2.05) is 19.9 Å². The summed E-state index contributed by atoms with van der Waals surface area (Å²) >= 11 is 0. The first-order chi connectivity index (χ1) is 6.16. The Balaban J connectivity index is 1.86. The summed E-state index contributed by atoms with van der Waals surface area (Å²) < 4.78 is 22.2. The normalized spacial score (nSPS) is 45.4. The van der Waals surface area contributed by atoms with Crippen molar-refractivity contribution in [1.82, 2.24) is 0 Å². The van der Waals surface area contributed by atoms with E-state index in [1.165, 1.54) is 0 Å². The Hall–Kier alpha value is -0.580. The maximum atomic E-state index is 5.67. The van der Waals surface area contributed by atoms with Crippen LogP contribution in [0.15, 0.2) is 11.8 Å². The molecule has 0 bridgehead atoms. The Labute approximate surface area is 76.4 Å². The number of hydrogen-bond acceptors (Lipinski definition) is 4. The van der Waals surface area contributed by atoms with Crippen LogP contribution >= 0.6 is 0 Å². The summed E-state index contributed by atoms with van der Waals surface area (Å²) in [6.07, 6.45) is 1.50. The van der Waals surface area contributed by atoms with Gasteiger partial charge in [-0.15, -0.1) is 0 Å². The van der Waals surface area contributed by atoms with Crippen molar-refractivity contribution in [3.05, 3.63) is 11.8 Å². The number of ether oxygens (including phenoxy) is 4. The lowest BCUT2D eigenvalue weighted by Crippen LogP contribution is -2.29. The summed E-state index contributed by atoms with van der Waals surface area (Å²) in [5, 5.41) is 0. The standard InChI is InChI=1S/C9H12O4/c1-9(2)12-7-6-5(3-4-10-6)11-8(7)13-9/h3,6-8H,4H2,1-2H3/t6-,7+,8+/m0/s1. The molecular weight excluding hydrogens is 172 g/mol. The Bertz CT molecular complexity index is 271. The van der Waals surface area contributed by atoms with Gasteiger partial charge in [-0.3, -0.25) is 0 Å². The van der Waals surface area contributed by atoms with Crippen molar-refractivity contribution in [1.29, 1.82) is 0 Å². The highest BCUT2D eigenvalue weighted by atomic mass is 16.8. The molecule has 3 heterocycles. The van der Waals surface area contributed by atoms with E-state index in [9.17, 15) is 0 Å². The maximum absolute atomic E-state index is 5.67. The van der Waals surface area contributed by atoms with Crippen molar-refractivity contribution >= 4 is 0 Å². The summed E-state index contributed by atoms with van der Waals surface area (Å²) in [6.45, 7) is 4.38. The van der Waals surface area contributed by atoms with Crippen LogP contribution in [0.25, 0.3) is 0 Å². The highest BCUT2D eigenvalue weighted by molar-refractivity contribution is 5.15. The third kappa shape index (κ3) is 1.03. The number of rotatable bonds is 0. The molecule has 0 N–H and O–H groups in total. The van der Waals surface area contributed by atoms with Crippen molar-refractivity contribution in [3.8, 4) is 0 Å². The molecule has 0 aromatic carbocycles. The summed E-state index contributed by atoms with van der Waals surface area (Å²) in [4.78, 5) is 0. The van der Waals surface area contributed by atoms with Gasteiger partial charge in [0.1, 0.15) is 11.9 Å². The van der Waals surface area contributed by atoms with Gasteiger partial charge in [0, 0.05) is 0 Å². The Morgan fingerprint density at radius 3 is 3.08 bits per heavy atom. The largest absolute Gasteiger partial charge is 0.464 e. The molecule has 0 radical (unpaired) electrons. The van der Waals surface area contributed by atoms with Crippen LogP contribution in [-0.2, 0) is 18.9 Å². The first-order valence-corrected chi connectivity index (χ1v) is 4.50. The van der Waals surface area contributed by atoms with E-state index in [4.69, 9.17) is 18.9 Å². The monoisotopic (exact) mass is 184 g/mol. The molecule has 2 fully saturated rings. The lowest BCUT2D eigenvalue weighted by Gasteiger charge is -2.19. The molecule has 3 rings (SSSR count). The molecule has 0 spiro atoms. The Kier molecular flexibility index (Phi) is 1.35. The minimum Gasteiger partial charge on any atom is -0.464 e. The van der Waals surface area contributed by atoms with E-state index >= 15 is 0 Å². The van der Waals surface area contributed by atoms with Gasteiger partial charge in [0.05, 0.1) is 6.61 Å². The predicted octanol–water partition coefficient (Wildman–Crippen LogP) is 0.777. The van der Waals surface area contributed by atoms with Crippen LogP contribution in [0.2, 0.25) is 0 Å². The van der Waals surface area contributed by atoms with Gasteiger partial charge >= 0.3 is 0 Å². The van der Waals surface area contributed by atoms with Gasteiger partial charge in [0.15, 0.2) is 11.9 Å². The molecule has 4 nitrogen and oxygen atoms in total. The third-order valence-electron chi connectivity index (χ3n) is 2.48. The zero-order chi connectivity index (χ0) is 9.05. The van der Waals surface area contributed by atoms with E-state index in [-0.39, 0.29) is 18.5 Å². The quantitative estimate of drug-likeness (QED) is 0.557. The molecule has 2 saturated heterocycles. The molecule has 0 saturated carbocycles. The average Bonchev–Trinajstić information content (AvgIpc) is 2.58. The van der Waals surface area contributed by atoms with Gasteiger partial charge in [-0.1, -0.05) is 0 Å². The minimum absolute atomic E-state index is 0.0493. The van der Waals surface area contributed by atoms with Crippen LogP contribution in [0.4, 0.5) is 0 Å². The van der Waals surface area contributed by atoms with Gasteiger partial charge in [-0.05, 0) is 19.9 Å². The van der Waals surface area contributed by atoms with Gasteiger partial charge in [-0.25, -0.2) is 0 Å². The number of fused-ring (bicyclic) bond motifs is 3. The molecular formula is C9H12O4. The van der Waals surface area contributed by atoms with Crippen molar-refractivity contribution in [2.24, 2.45) is 0 Å². The zero-order valence-electron chi connectivity index (χ0n) is 7.65. The molecule has 3 aliphatic heterocycles. The summed E-state index contributed by atoms with van der Waals surface area (Å²) in [7, 11) is 0. The lowest BCUT2D eigenvalue weighted by atomic mass is 10.2. The molecule has 0 amide bonds. The van der Waals surface area contributed by atoms with Crippen LogP contribution in [0.3, 0.4) is 0 Å². The van der Waals surface area contributed by atoms with Crippen LogP contribution in [0.5, 0.6) is 0 Å². The van der Waals surface area contributed by atoms with Crippen molar-refractivity contribution in [2.75, 3.05) is 6.61 Å². The van der Waals surface area contributed by atoms with E-state index in [1.54, 1.807) is 0 Å².